The summed E-state index contributed by atoms with van der Waals surface area (Å²) in [5.41, 5.74) is -0.00309. The molecule has 0 amide bonds. The number of thioether (sulfide) groups is 1. The fourth-order valence-electron chi connectivity index (χ4n) is 2.20. The van der Waals surface area contributed by atoms with E-state index in [0.29, 0.717) is 21.2 Å². The highest BCUT2D eigenvalue weighted by atomic mass is 32.2. The molecule has 0 saturated heterocycles. The van der Waals surface area contributed by atoms with Crippen molar-refractivity contribution in [1.82, 2.24) is 14.8 Å². The summed E-state index contributed by atoms with van der Waals surface area (Å²) >= 11 is 2.48. The average Bonchev–Trinajstić information content (AvgIpc) is 3.15. The number of carbonyl (C=O) groups excluding carboxylic acids is 1. The maximum absolute atomic E-state index is 14.6. The first-order valence-electron chi connectivity index (χ1n) is 8.18. The molecule has 2 aromatic heterocycles. The fourth-order valence-corrected chi connectivity index (χ4v) is 4.07. The van der Waals surface area contributed by atoms with Crippen LogP contribution in [0.1, 0.15) is 33.6 Å². The Balaban J connectivity index is 1.94. The first-order valence-corrected chi connectivity index (χ1v) is 9.98. The number of aromatic nitrogens is 3. The molecule has 0 aliphatic carbocycles. The van der Waals surface area contributed by atoms with E-state index in [4.69, 9.17) is 9.15 Å². The molecule has 144 valence electrons. The second kappa shape index (κ2) is 7.43. The molecule has 0 aliphatic heterocycles. The lowest BCUT2D eigenvalue weighted by Crippen LogP contribution is -2.15. The minimum Gasteiger partial charge on any atom is -0.465 e. The van der Waals surface area contributed by atoms with Crippen LogP contribution < -0.4 is 5.76 Å². The van der Waals surface area contributed by atoms with Gasteiger partial charge in [0.15, 0.2) is 10.2 Å². The summed E-state index contributed by atoms with van der Waals surface area (Å²) in [7, 11) is 0. The van der Waals surface area contributed by atoms with Crippen LogP contribution in [0.5, 0.6) is 0 Å². The minimum absolute atomic E-state index is 0.0287. The molecule has 3 aromatic rings. The van der Waals surface area contributed by atoms with Gasteiger partial charge >= 0.3 is 11.7 Å². The smallest absolute Gasteiger partial charge is 0.442 e. The minimum atomic E-state index is -0.759. The zero-order valence-electron chi connectivity index (χ0n) is 15.2. The Kier molecular flexibility index (Phi) is 5.38. The predicted octanol–water partition coefficient (Wildman–Crippen LogP) is 3.53. The van der Waals surface area contributed by atoms with Gasteiger partial charge in [-0.05, 0) is 19.1 Å². The van der Waals surface area contributed by atoms with E-state index in [2.05, 4.69) is 10.1 Å². The average molecular weight is 411 g/mol. The van der Waals surface area contributed by atoms with E-state index in [1.165, 1.54) is 35.2 Å². The number of rotatable bonds is 5. The lowest BCUT2D eigenvalue weighted by molar-refractivity contribution is -0.139. The van der Waals surface area contributed by atoms with Crippen molar-refractivity contribution in [3.05, 3.63) is 34.4 Å². The number of hydrogen-bond acceptors (Lipinski definition) is 8. The van der Waals surface area contributed by atoms with Crippen LogP contribution >= 0.6 is 23.1 Å². The number of ether oxygens (including phenoxy) is 1. The number of halogens is 1. The van der Waals surface area contributed by atoms with Crippen molar-refractivity contribution < 1.29 is 18.3 Å². The van der Waals surface area contributed by atoms with E-state index < -0.39 is 17.0 Å². The summed E-state index contributed by atoms with van der Waals surface area (Å²) in [5.74, 6) is -1.36. The third-order valence-corrected chi connectivity index (χ3v) is 5.61. The third-order valence-electron chi connectivity index (χ3n) is 3.47. The van der Waals surface area contributed by atoms with E-state index >= 15 is 0 Å². The quantitative estimate of drug-likeness (QED) is 0.469. The summed E-state index contributed by atoms with van der Waals surface area (Å²) in [6.45, 7) is 7.58. The summed E-state index contributed by atoms with van der Waals surface area (Å²) in [6, 6.07) is 2.75. The number of hydrogen-bond donors (Lipinski definition) is 0. The SMILES string of the molecule is CCOC(=O)CSc1nc2cc(-n3nc(C(C)(C)C)oc3=O)c(F)cc2s1. The lowest BCUT2D eigenvalue weighted by atomic mass is 9.97. The molecule has 7 nitrogen and oxygen atoms in total. The molecular formula is C17H18FN3O4S2. The number of esters is 1. The lowest BCUT2D eigenvalue weighted by Gasteiger charge is -2.10. The molecule has 0 saturated carbocycles. The molecular weight excluding hydrogens is 393 g/mol. The molecule has 0 unspecified atom stereocenters. The highest BCUT2D eigenvalue weighted by Gasteiger charge is 2.24. The summed E-state index contributed by atoms with van der Waals surface area (Å²) in [5, 5.41) is 4.11. The van der Waals surface area contributed by atoms with Gasteiger partial charge in [-0.1, -0.05) is 32.5 Å². The zero-order valence-corrected chi connectivity index (χ0v) is 16.9. The van der Waals surface area contributed by atoms with Gasteiger partial charge in [-0.25, -0.2) is 14.2 Å². The highest BCUT2D eigenvalue weighted by molar-refractivity contribution is 8.01. The van der Waals surface area contributed by atoms with E-state index in [0.717, 1.165) is 4.68 Å². The van der Waals surface area contributed by atoms with Gasteiger partial charge in [0.1, 0.15) is 5.69 Å². The van der Waals surface area contributed by atoms with Gasteiger partial charge in [-0.15, -0.1) is 16.4 Å². The molecule has 3 rings (SSSR count). The van der Waals surface area contributed by atoms with Crippen LogP contribution in [0, 0.1) is 5.82 Å². The molecule has 0 atom stereocenters. The Bertz CT molecular complexity index is 1050. The van der Waals surface area contributed by atoms with E-state index in [1.54, 1.807) is 6.92 Å². The van der Waals surface area contributed by atoms with Crippen LogP contribution in [0.4, 0.5) is 4.39 Å². The topological polar surface area (TPSA) is 87.2 Å². The zero-order chi connectivity index (χ0) is 19.8. The van der Waals surface area contributed by atoms with E-state index in [9.17, 15) is 14.0 Å². The molecule has 0 N–H and O–H groups in total. The number of nitrogens with zero attached hydrogens (tertiary/aromatic N) is 3. The molecule has 0 aliphatic rings. The summed E-state index contributed by atoms with van der Waals surface area (Å²) < 4.78 is 26.7. The van der Waals surface area contributed by atoms with Crippen molar-refractivity contribution >= 4 is 39.3 Å². The molecule has 0 fully saturated rings. The number of thiazole rings is 1. The van der Waals surface area contributed by atoms with Gasteiger partial charge in [-0.2, -0.15) is 4.68 Å². The number of benzene rings is 1. The van der Waals surface area contributed by atoms with Gasteiger partial charge < -0.3 is 9.15 Å². The van der Waals surface area contributed by atoms with E-state index in [-0.39, 0.29) is 23.3 Å². The summed E-state index contributed by atoms with van der Waals surface area (Å²) in [4.78, 5) is 28.0. The molecule has 1 aromatic carbocycles. The Labute approximate surface area is 162 Å². The van der Waals surface area contributed by atoms with Crippen molar-refractivity contribution in [3.8, 4) is 5.69 Å². The van der Waals surface area contributed by atoms with Crippen LogP contribution in [0.2, 0.25) is 0 Å². The monoisotopic (exact) mass is 411 g/mol. The van der Waals surface area contributed by atoms with Gasteiger partial charge in [0, 0.05) is 5.41 Å². The summed E-state index contributed by atoms with van der Waals surface area (Å²) in [6.07, 6.45) is 0. The van der Waals surface area contributed by atoms with Gasteiger partial charge in [-0.3, -0.25) is 4.79 Å². The molecule has 10 heteroatoms. The molecule has 0 spiro atoms. The Morgan fingerprint density at radius 3 is 2.78 bits per heavy atom. The Morgan fingerprint density at radius 1 is 1.41 bits per heavy atom. The third kappa shape index (κ3) is 4.22. The first kappa shape index (κ1) is 19.6. The Morgan fingerprint density at radius 2 is 2.15 bits per heavy atom. The molecule has 27 heavy (non-hydrogen) atoms. The predicted molar refractivity (Wildman–Crippen MR) is 101 cm³/mol. The standard InChI is InChI=1S/C17H18FN3O4S2/c1-5-24-13(22)8-26-15-19-10-7-11(9(18)6-12(10)27-15)21-16(23)25-14(20-21)17(2,3)4/h6-7H,5,8H2,1-4H3. The van der Waals surface area contributed by atoms with Gasteiger partial charge in [0.25, 0.3) is 0 Å². The van der Waals surface area contributed by atoms with Gasteiger partial charge in [0.05, 0.1) is 22.6 Å². The van der Waals surface area contributed by atoms with Crippen molar-refractivity contribution in [2.75, 3.05) is 12.4 Å². The van der Waals surface area contributed by atoms with Crippen LogP contribution in [0.15, 0.2) is 25.7 Å². The van der Waals surface area contributed by atoms with Crippen molar-refractivity contribution in [2.24, 2.45) is 0 Å². The molecule has 2 heterocycles. The van der Waals surface area contributed by atoms with Crippen LogP contribution in [-0.2, 0) is 14.9 Å². The highest BCUT2D eigenvalue weighted by Crippen LogP contribution is 2.32. The second-order valence-corrected chi connectivity index (χ2v) is 8.93. The van der Waals surface area contributed by atoms with Crippen LogP contribution in [-0.4, -0.2) is 33.1 Å². The maximum atomic E-state index is 14.6. The largest absolute Gasteiger partial charge is 0.465 e. The van der Waals surface area contributed by atoms with E-state index in [1.807, 2.05) is 20.8 Å². The van der Waals surface area contributed by atoms with Crippen LogP contribution in [0.25, 0.3) is 15.9 Å². The van der Waals surface area contributed by atoms with Gasteiger partial charge in [0.2, 0.25) is 5.89 Å². The second-order valence-electron chi connectivity index (χ2n) is 6.68. The van der Waals surface area contributed by atoms with Crippen molar-refractivity contribution in [1.29, 1.82) is 0 Å². The van der Waals surface area contributed by atoms with Crippen molar-refractivity contribution in [3.63, 3.8) is 0 Å². The normalized spacial score (nSPS) is 11.9. The van der Waals surface area contributed by atoms with Crippen molar-refractivity contribution in [2.45, 2.75) is 37.4 Å². The fraction of sp³-hybridized carbons (Fsp3) is 0.412. The molecule has 0 bridgehead atoms. The number of carbonyl (C=O) groups is 1. The first-order chi connectivity index (χ1) is 12.7. The van der Waals surface area contributed by atoms with Crippen LogP contribution in [0.3, 0.4) is 0 Å². The molecule has 0 radical (unpaired) electrons. The number of fused-ring (bicyclic) bond motifs is 1. The Hall–Kier alpha value is -2.20. The maximum Gasteiger partial charge on any atom is 0.442 e.